The van der Waals surface area contributed by atoms with Crippen molar-refractivity contribution >= 4 is 5.91 Å². The molecule has 0 aromatic rings. The standard InChI is InChI=1S/C20H38N4O2/c1-17(2)14-23-11-12-26-19(15-23)13-21-20(25)16-22-7-9-24(10-8-22)18-5-3-4-6-18/h17-19H,3-16H2,1-2H3,(H,21,25). The molecule has 2 saturated heterocycles. The molecule has 1 amide bonds. The molecule has 1 atom stereocenters. The quantitative estimate of drug-likeness (QED) is 0.729. The van der Waals surface area contributed by atoms with Crippen LogP contribution in [0.3, 0.4) is 0 Å². The van der Waals surface area contributed by atoms with Crippen LogP contribution in [0, 0.1) is 5.92 Å². The Kier molecular flexibility index (Phi) is 7.73. The maximum atomic E-state index is 12.3. The monoisotopic (exact) mass is 366 g/mol. The van der Waals surface area contributed by atoms with Crippen molar-refractivity contribution in [3.8, 4) is 0 Å². The van der Waals surface area contributed by atoms with Crippen LogP contribution in [0.15, 0.2) is 0 Å². The molecule has 1 unspecified atom stereocenters. The third-order valence-corrected chi connectivity index (χ3v) is 5.99. The molecule has 0 spiro atoms. The van der Waals surface area contributed by atoms with Gasteiger partial charge in [-0.3, -0.25) is 19.5 Å². The van der Waals surface area contributed by atoms with Crippen LogP contribution < -0.4 is 5.32 Å². The van der Waals surface area contributed by atoms with Gasteiger partial charge in [0.15, 0.2) is 0 Å². The second-order valence-corrected chi connectivity index (χ2v) is 8.70. The van der Waals surface area contributed by atoms with E-state index in [1.807, 2.05) is 0 Å². The third-order valence-electron chi connectivity index (χ3n) is 5.99. The molecular weight excluding hydrogens is 328 g/mol. The number of carbonyl (C=O) groups is 1. The average Bonchev–Trinajstić information content (AvgIpc) is 3.15. The van der Waals surface area contributed by atoms with Gasteiger partial charge >= 0.3 is 0 Å². The van der Waals surface area contributed by atoms with Crippen molar-refractivity contribution < 1.29 is 9.53 Å². The lowest BCUT2D eigenvalue weighted by Crippen LogP contribution is -2.53. The van der Waals surface area contributed by atoms with Gasteiger partial charge in [-0.1, -0.05) is 26.7 Å². The van der Waals surface area contributed by atoms with Crippen LogP contribution in [0.4, 0.5) is 0 Å². The number of hydrogen-bond donors (Lipinski definition) is 1. The van der Waals surface area contributed by atoms with Crippen LogP contribution >= 0.6 is 0 Å². The van der Waals surface area contributed by atoms with Crippen molar-refractivity contribution in [2.45, 2.75) is 51.7 Å². The highest BCUT2D eigenvalue weighted by molar-refractivity contribution is 5.78. The smallest absolute Gasteiger partial charge is 0.234 e. The summed E-state index contributed by atoms with van der Waals surface area (Å²) in [6, 6.07) is 0.809. The summed E-state index contributed by atoms with van der Waals surface area (Å²) in [6.07, 6.45) is 5.66. The first-order valence-electron chi connectivity index (χ1n) is 10.7. The molecule has 6 nitrogen and oxygen atoms in total. The highest BCUT2D eigenvalue weighted by Crippen LogP contribution is 2.24. The number of ether oxygens (including phenoxy) is 1. The van der Waals surface area contributed by atoms with Gasteiger partial charge in [-0.2, -0.15) is 0 Å². The van der Waals surface area contributed by atoms with Crippen molar-refractivity contribution in [1.29, 1.82) is 0 Å². The van der Waals surface area contributed by atoms with E-state index in [4.69, 9.17) is 4.74 Å². The number of nitrogens with zero attached hydrogens (tertiary/aromatic N) is 3. The number of carbonyl (C=O) groups excluding carboxylic acids is 1. The molecule has 2 aliphatic heterocycles. The van der Waals surface area contributed by atoms with Crippen LogP contribution in [0.5, 0.6) is 0 Å². The summed E-state index contributed by atoms with van der Waals surface area (Å²) in [5.41, 5.74) is 0. The number of amides is 1. The van der Waals surface area contributed by atoms with Crippen LogP contribution in [0.1, 0.15) is 39.5 Å². The Bertz CT molecular complexity index is 432. The molecule has 150 valence electrons. The normalized spacial score (nSPS) is 27.3. The van der Waals surface area contributed by atoms with Gasteiger partial charge in [0.25, 0.3) is 0 Å². The van der Waals surface area contributed by atoms with Gasteiger partial charge < -0.3 is 10.1 Å². The second kappa shape index (κ2) is 10.0. The largest absolute Gasteiger partial charge is 0.374 e. The SMILES string of the molecule is CC(C)CN1CCOC(CNC(=O)CN2CCN(C3CCCC3)CC2)C1. The topological polar surface area (TPSA) is 48.1 Å². The van der Waals surface area contributed by atoms with Gasteiger partial charge in [-0.25, -0.2) is 0 Å². The van der Waals surface area contributed by atoms with E-state index in [1.165, 1.54) is 25.7 Å². The van der Waals surface area contributed by atoms with Gasteiger partial charge in [0.1, 0.15) is 0 Å². The molecule has 26 heavy (non-hydrogen) atoms. The lowest BCUT2D eigenvalue weighted by atomic mass is 10.1. The molecule has 0 bridgehead atoms. The van der Waals surface area contributed by atoms with E-state index in [0.29, 0.717) is 19.0 Å². The molecule has 3 fully saturated rings. The number of piperazine rings is 1. The van der Waals surface area contributed by atoms with Gasteiger partial charge in [-0.05, 0) is 18.8 Å². The van der Waals surface area contributed by atoms with Crippen molar-refractivity contribution in [2.24, 2.45) is 5.92 Å². The van der Waals surface area contributed by atoms with Gasteiger partial charge in [0.2, 0.25) is 5.91 Å². The molecule has 1 N–H and O–H groups in total. The fourth-order valence-corrected chi connectivity index (χ4v) is 4.63. The average molecular weight is 367 g/mol. The Morgan fingerprint density at radius 3 is 2.50 bits per heavy atom. The third kappa shape index (κ3) is 6.19. The predicted molar refractivity (Wildman–Crippen MR) is 104 cm³/mol. The molecule has 1 aliphatic carbocycles. The van der Waals surface area contributed by atoms with E-state index >= 15 is 0 Å². The van der Waals surface area contributed by atoms with Crippen LogP contribution in [0.2, 0.25) is 0 Å². The van der Waals surface area contributed by atoms with Crippen molar-refractivity contribution in [1.82, 2.24) is 20.0 Å². The number of nitrogens with one attached hydrogen (secondary N) is 1. The fourth-order valence-electron chi connectivity index (χ4n) is 4.63. The van der Waals surface area contributed by atoms with Crippen LogP contribution in [0.25, 0.3) is 0 Å². The molecule has 0 aromatic heterocycles. The Morgan fingerprint density at radius 1 is 1.08 bits per heavy atom. The molecule has 2 heterocycles. The zero-order valence-electron chi connectivity index (χ0n) is 16.8. The van der Waals surface area contributed by atoms with Crippen LogP contribution in [-0.2, 0) is 9.53 Å². The molecule has 3 rings (SSSR count). The van der Waals surface area contributed by atoms with E-state index in [1.54, 1.807) is 0 Å². The predicted octanol–water partition coefficient (Wildman–Crippen LogP) is 1.02. The first-order chi connectivity index (χ1) is 12.6. The van der Waals surface area contributed by atoms with E-state index < -0.39 is 0 Å². The summed E-state index contributed by atoms with van der Waals surface area (Å²) in [5, 5.41) is 3.09. The van der Waals surface area contributed by atoms with Crippen molar-refractivity contribution in [3.63, 3.8) is 0 Å². The fraction of sp³-hybridized carbons (Fsp3) is 0.950. The molecule has 0 radical (unpaired) electrons. The lowest BCUT2D eigenvalue weighted by Gasteiger charge is -2.38. The summed E-state index contributed by atoms with van der Waals surface area (Å²) in [4.78, 5) is 19.7. The van der Waals surface area contributed by atoms with Gasteiger partial charge in [-0.15, -0.1) is 0 Å². The van der Waals surface area contributed by atoms with E-state index in [0.717, 1.165) is 58.5 Å². The Balaban J connectivity index is 1.30. The summed E-state index contributed by atoms with van der Waals surface area (Å²) in [6.45, 7) is 13.8. The zero-order chi connectivity index (χ0) is 18.4. The van der Waals surface area contributed by atoms with Crippen LogP contribution in [-0.4, -0.2) is 98.3 Å². The maximum absolute atomic E-state index is 12.3. The maximum Gasteiger partial charge on any atom is 0.234 e. The Hall–Kier alpha value is -0.690. The van der Waals surface area contributed by atoms with Gasteiger partial charge in [0, 0.05) is 58.4 Å². The number of morpholine rings is 1. The Morgan fingerprint density at radius 2 is 1.81 bits per heavy atom. The molecule has 6 heteroatoms. The summed E-state index contributed by atoms with van der Waals surface area (Å²) < 4.78 is 5.82. The molecule has 1 saturated carbocycles. The first kappa shape index (κ1) is 20.1. The molecular formula is C20H38N4O2. The minimum atomic E-state index is 0.130. The first-order valence-corrected chi connectivity index (χ1v) is 10.7. The summed E-state index contributed by atoms with van der Waals surface area (Å²) in [5.74, 6) is 0.815. The summed E-state index contributed by atoms with van der Waals surface area (Å²) in [7, 11) is 0. The van der Waals surface area contributed by atoms with E-state index in [2.05, 4.69) is 33.9 Å². The van der Waals surface area contributed by atoms with Crippen molar-refractivity contribution in [2.75, 3.05) is 65.5 Å². The highest BCUT2D eigenvalue weighted by Gasteiger charge is 2.27. The summed E-state index contributed by atoms with van der Waals surface area (Å²) >= 11 is 0. The molecule has 0 aromatic carbocycles. The highest BCUT2D eigenvalue weighted by atomic mass is 16.5. The minimum absolute atomic E-state index is 0.130. The van der Waals surface area contributed by atoms with E-state index in [9.17, 15) is 4.79 Å². The lowest BCUT2D eigenvalue weighted by molar-refractivity contribution is -0.124. The minimum Gasteiger partial charge on any atom is -0.374 e. The number of hydrogen-bond acceptors (Lipinski definition) is 5. The van der Waals surface area contributed by atoms with Crippen molar-refractivity contribution in [3.05, 3.63) is 0 Å². The number of rotatable bonds is 7. The van der Waals surface area contributed by atoms with Gasteiger partial charge in [0.05, 0.1) is 19.3 Å². The zero-order valence-corrected chi connectivity index (χ0v) is 16.8. The molecule has 3 aliphatic rings. The second-order valence-electron chi connectivity index (χ2n) is 8.70. The van der Waals surface area contributed by atoms with E-state index in [-0.39, 0.29) is 12.0 Å². The Labute approximate surface area is 159 Å².